The van der Waals surface area contributed by atoms with Gasteiger partial charge in [-0.15, -0.1) is 11.3 Å². The van der Waals surface area contributed by atoms with E-state index in [1.165, 1.54) is 17.4 Å². The molecule has 1 atom stereocenters. The van der Waals surface area contributed by atoms with Crippen molar-refractivity contribution in [2.24, 2.45) is 5.92 Å². The van der Waals surface area contributed by atoms with Crippen molar-refractivity contribution in [3.8, 4) is 0 Å². The van der Waals surface area contributed by atoms with Gasteiger partial charge in [-0.25, -0.2) is 4.79 Å². The van der Waals surface area contributed by atoms with Crippen LogP contribution in [0.15, 0.2) is 36.4 Å². The van der Waals surface area contributed by atoms with Gasteiger partial charge in [-0.1, -0.05) is 37.3 Å². The van der Waals surface area contributed by atoms with Crippen LogP contribution < -0.4 is 10.6 Å². The van der Waals surface area contributed by atoms with Crippen molar-refractivity contribution in [3.63, 3.8) is 0 Å². The van der Waals surface area contributed by atoms with Crippen molar-refractivity contribution in [2.75, 3.05) is 11.9 Å². The molecule has 0 bridgehead atoms. The van der Waals surface area contributed by atoms with E-state index in [0.717, 1.165) is 35.3 Å². The van der Waals surface area contributed by atoms with Crippen LogP contribution in [0.1, 0.15) is 46.6 Å². The van der Waals surface area contributed by atoms with Crippen LogP contribution in [0, 0.1) is 5.92 Å². The van der Waals surface area contributed by atoms with E-state index in [-0.39, 0.29) is 12.5 Å². The number of carbonyl (C=O) groups is 3. The number of nitrogens with one attached hydrogen (secondary N) is 2. The summed E-state index contributed by atoms with van der Waals surface area (Å²) in [6, 6.07) is 9.48. The molecule has 152 valence electrons. The quantitative estimate of drug-likeness (QED) is 0.713. The molecule has 0 fully saturated rings. The van der Waals surface area contributed by atoms with Gasteiger partial charge in [0.2, 0.25) is 5.91 Å². The minimum absolute atomic E-state index is 0.173. The highest BCUT2D eigenvalue weighted by atomic mass is 32.1. The maximum atomic E-state index is 12.8. The van der Waals surface area contributed by atoms with Crippen molar-refractivity contribution in [1.82, 2.24) is 5.32 Å². The minimum Gasteiger partial charge on any atom is -0.450 e. The predicted octanol–water partition coefficient (Wildman–Crippen LogP) is 4.41. The normalized spacial score (nSPS) is 15.6. The fourth-order valence-corrected chi connectivity index (χ4v) is 4.70. The van der Waals surface area contributed by atoms with Gasteiger partial charge in [-0.05, 0) is 49.3 Å². The first kappa shape index (κ1) is 20.8. The molecule has 0 saturated heterocycles. The van der Waals surface area contributed by atoms with Crippen LogP contribution in [0.5, 0.6) is 0 Å². The lowest BCUT2D eigenvalue weighted by Gasteiger charge is -2.18. The SMILES string of the molecule is CCOC(=O)NC(=O)c1c(NC(=O)/C=C/c2ccccc2)sc2c1CC[C@H](C)C2. The maximum Gasteiger partial charge on any atom is 0.414 e. The van der Waals surface area contributed by atoms with E-state index < -0.39 is 12.0 Å². The van der Waals surface area contributed by atoms with Crippen molar-refractivity contribution in [1.29, 1.82) is 0 Å². The molecule has 1 aliphatic carbocycles. The summed E-state index contributed by atoms with van der Waals surface area (Å²) in [5.41, 5.74) is 2.19. The van der Waals surface area contributed by atoms with Crippen molar-refractivity contribution >= 4 is 40.3 Å². The molecule has 0 spiro atoms. The first-order valence-corrected chi connectivity index (χ1v) is 10.5. The summed E-state index contributed by atoms with van der Waals surface area (Å²) in [5.74, 6) is -0.354. The number of rotatable bonds is 5. The number of hydrogen-bond donors (Lipinski definition) is 2. The van der Waals surface area contributed by atoms with Gasteiger partial charge in [0.25, 0.3) is 5.91 Å². The summed E-state index contributed by atoms with van der Waals surface area (Å²) in [6.07, 6.45) is 4.92. The van der Waals surface area contributed by atoms with Crippen LogP contribution in [0.25, 0.3) is 6.08 Å². The molecule has 2 aromatic rings. The summed E-state index contributed by atoms with van der Waals surface area (Å²) in [7, 11) is 0. The van der Waals surface area contributed by atoms with Crippen molar-refractivity contribution < 1.29 is 19.1 Å². The molecule has 6 nitrogen and oxygen atoms in total. The number of thiophene rings is 1. The van der Waals surface area contributed by atoms with Gasteiger partial charge in [0, 0.05) is 11.0 Å². The predicted molar refractivity (Wildman–Crippen MR) is 114 cm³/mol. The average Bonchev–Trinajstić information content (AvgIpc) is 3.04. The Labute approximate surface area is 174 Å². The molecule has 1 aromatic carbocycles. The summed E-state index contributed by atoms with van der Waals surface area (Å²) < 4.78 is 4.81. The topological polar surface area (TPSA) is 84.5 Å². The highest BCUT2D eigenvalue weighted by Crippen LogP contribution is 2.39. The molecule has 7 heteroatoms. The molecule has 0 unspecified atom stereocenters. The van der Waals surface area contributed by atoms with E-state index >= 15 is 0 Å². The summed E-state index contributed by atoms with van der Waals surface area (Å²) in [4.78, 5) is 38.0. The number of ether oxygens (including phenoxy) is 1. The minimum atomic E-state index is -0.789. The van der Waals surface area contributed by atoms with E-state index in [1.807, 2.05) is 30.3 Å². The van der Waals surface area contributed by atoms with Gasteiger partial charge in [-0.2, -0.15) is 0 Å². The fourth-order valence-electron chi connectivity index (χ4n) is 3.29. The molecule has 0 aliphatic heterocycles. The summed E-state index contributed by atoms with van der Waals surface area (Å²) >= 11 is 1.41. The molecule has 2 N–H and O–H groups in total. The summed E-state index contributed by atoms with van der Waals surface area (Å²) in [6.45, 7) is 4.01. The van der Waals surface area contributed by atoms with Gasteiger partial charge in [0.15, 0.2) is 0 Å². The third kappa shape index (κ3) is 5.32. The smallest absolute Gasteiger partial charge is 0.414 e. The number of alkyl carbamates (subject to hydrolysis) is 1. The molecule has 1 aromatic heterocycles. The molecular formula is C22H24N2O4S. The Morgan fingerprint density at radius 3 is 2.72 bits per heavy atom. The van der Waals surface area contributed by atoms with E-state index in [2.05, 4.69) is 17.6 Å². The molecule has 1 aliphatic rings. The van der Waals surface area contributed by atoms with E-state index in [4.69, 9.17) is 4.74 Å². The molecular weight excluding hydrogens is 388 g/mol. The van der Waals surface area contributed by atoms with Crippen LogP contribution in [0.3, 0.4) is 0 Å². The van der Waals surface area contributed by atoms with Gasteiger partial charge >= 0.3 is 6.09 Å². The second-order valence-electron chi connectivity index (χ2n) is 6.96. The van der Waals surface area contributed by atoms with Crippen molar-refractivity contribution in [2.45, 2.75) is 33.1 Å². The Hall–Kier alpha value is -2.93. The number of carbonyl (C=O) groups excluding carboxylic acids is 3. The first-order chi connectivity index (χ1) is 14.0. The lowest BCUT2D eigenvalue weighted by Crippen LogP contribution is -2.32. The maximum absolute atomic E-state index is 12.8. The molecule has 3 amide bonds. The second-order valence-corrected chi connectivity index (χ2v) is 8.07. The lowest BCUT2D eigenvalue weighted by atomic mass is 9.88. The van der Waals surface area contributed by atoms with Gasteiger partial charge in [0.05, 0.1) is 12.2 Å². The molecule has 3 rings (SSSR count). The average molecular weight is 413 g/mol. The Morgan fingerprint density at radius 2 is 2.00 bits per heavy atom. The monoisotopic (exact) mass is 412 g/mol. The zero-order valence-corrected chi connectivity index (χ0v) is 17.3. The van der Waals surface area contributed by atoms with E-state index in [1.54, 1.807) is 13.0 Å². The van der Waals surface area contributed by atoms with Crippen LogP contribution in [0.2, 0.25) is 0 Å². The molecule has 0 saturated carbocycles. The lowest BCUT2D eigenvalue weighted by molar-refractivity contribution is -0.111. The number of benzene rings is 1. The van der Waals surface area contributed by atoms with Gasteiger partial charge in [0.1, 0.15) is 5.00 Å². The fraction of sp³-hybridized carbons (Fsp3) is 0.318. The molecule has 29 heavy (non-hydrogen) atoms. The number of anilines is 1. The zero-order chi connectivity index (χ0) is 20.8. The number of imide groups is 1. The number of amides is 3. The zero-order valence-electron chi connectivity index (χ0n) is 16.5. The molecule has 0 radical (unpaired) electrons. The van der Waals surface area contributed by atoms with E-state index in [0.29, 0.717) is 16.5 Å². The third-order valence-corrected chi connectivity index (χ3v) is 5.86. The Kier molecular flexibility index (Phi) is 6.82. The number of hydrogen-bond acceptors (Lipinski definition) is 5. The van der Waals surface area contributed by atoms with Crippen LogP contribution in [0.4, 0.5) is 9.80 Å². The van der Waals surface area contributed by atoms with Crippen LogP contribution in [-0.2, 0) is 22.4 Å². The van der Waals surface area contributed by atoms with E-state index in [9.17, 15) is 14.4 Å². The highest BCUT2D eigenvalue weighted by molar-refractivity contribution is 7.17. The van der Waals surface area contributed by atoms with Crippen LogP contribution in [-0.4, -0.2) is 24.5 Å². The highest BCUT2D eigenvalue weighted by Gasteiger charge is 2.29. The third-order valence-electron chi connectivity index (χ3n) is 4.69. The number of fused-ring (bicyclic) bond motifs is 1. The van der Waals surface area contributed by atoms with Crippen molar-refractivity contribution in [3.05, 3.63) is 58.0 Å². The van der Waals surface area contributed by atoms with Gasteiger partial charge < -0.3 is 10.1 Å². The Bertz CT molecular complexity index is 934. The first-order valence-electron chi connectivity index (χ1n) is 9.64. The standard InChI is InChI=1S/C22H24N2O4S/c1-3-28-22(27)24-20(26)19-16-11-9-14(2)13-17(16)29-21(19)23-18(25)12-10-15-7-5-4-6-8-15/h4-8,10,12,14H,3,9,11,13H2,1-2H3,(H,23,25)(H,24,26,27)/b12-10+/t14-/m0/s1. The second kappa shape index (κ2) is 9.52. The Morgan fingerprint density at radius 1 is 1.24 bits per heavy atom. The molecule has 1 heterocycles. The van der Waals surface area contributed by atoms with Crippen LogP contribution >= 0.6 is 11.3 Å². The van der Waals surface area contributed by atoms with Gasteiger partial charge in [-0.3, -0.25) is 14.9 Å². The largest absolute Gasteiger partial charge is 0.450 e. The Balaban J connectivity index is 1.83. The summed E-state index contributed by atoms with van der Waals surface area (Å²) in [5, 5.41) is 5.54.